The van der Waals surface area contributed by atoms with Gasteiger partial charge in [0.05, 0.1) is 16.6 Å². The van der Waals surface area contributed by atoms with Gasteiger partial charge in [-0.05, 0) is 44.6 Å². The fourth-order valence-corrected chi connectivity index (χ4v) is 2.90. The van der Waals surface area contributed by atoms with Gasteiger partial charge in [0.2, 0.25) is 0 Å². The fraction of sp³-hybridized carbons (Fsp3) is 0.429. The second-order valence-electron chi connectivity index (χ2n) is 5.35. The van der Waals surface area contributed by atoms with Gasteiger partial charge in [-0.15, -0.1) is 0 Å². The Morgan fingerprint density at radius 1 is 1.50 bits per heavy atom. The molecule has 6 heteroatoms. The molecule has 0 bridgehead atoms. The Morgan fingerprint density at radius 2 is 2.30 bits per heavy atom. The SMILES string of the molecule is CN1CCCC1Cn1c(=O)[nH]c2cc(C(=O)O)ccc21. The van der Waals surface area contributed by atoms with Gasteiger partial charge in [0, 0.05) is 12.6 Å². The number of hydrogen-bond donors (Lipinski definition) is 2. The van der Waals surface area contributed by atoms with E-state index in [1.807, 2.05) is 0 Å². The highest BCUT2D eigenvalue weighted by Gasteiger charge is 2.22. The van der Waals surface area contributed by atoms with E-state index in [9.17, 15) is 9.59 Å². The third-order valence-electron chi connectivity index (χ3n) is 4.09. The Balaban J connectivity index is 2.00. The highest BCUT2D eigenvalue weighted by atomic mass is 16.4. The van der Waals surface area contributed by atoms with Crippen molar-refractivity contribution in [3.05, 3.63) is 34.2 Å². The molecule has 0 aliphatic carbocycles. The first-order chi connectivity index (χ1) is 9.56. The summed E-state index contributed by atoms with van der Waals surface area (Å²) in [5, 5.41) is 8.98. The summed E-state index contributed by atoms with van der Waals surface area (Å²) < 4.78 is 1.70. The van der Waals surface area contributed by atoms with Gasteiger partial charge < -0.3 is 15.0 Å². The third kappa shape index (κ3) is 2.12. The second-order valence-corrected chi connectivity index (χ2v) is 5.35. The number of aromatic amines is 1. The minimum absolute atomic E-state index is 0.178. The highest BCUT2D eigenvalue weighted by molar-refractivity contribution is 5.92. The number of rotatable bonds is 3. The number of aromatic nitrogens is 2. The summed E-state index contributed by atoms with van der Waals surface area (Å²) in [5.41, 5.74) is 1.35. The summed E-state index contributed by atoms with van der Waals surface area (Å²) in [7, 11) is 2.07. The molecule has 20 heavy (non-hydrogen) atoms. The Kier molecular flexibility index (Phi) is 3.10. The maximum atomic E-state index is 12.1. The molecule has 1 aliphatic rings. The number of H-pyrrole nitrogens is 1. The maximum absolute atomic E-state index is 12.1. The summed E-state index contributed by atoms with van der Waals surface area (Å²) in [5.74, 6) is -0.990. The van der Waals surface area contributed by atoms with Crippen molar-refractivity contribution in [2.24, 2.45) is 0 Å². The molecule has 1 aromatic carbocycles. The van der Waals surface area contributed by atoms with Crippen molar-refractivity contribution in [3.8, 4) is 0 Å². The van der Waals surface area contributed by atoms with Crippen molar-refractivity contribution in [1.82, 2.24) is 14.5 Å². The molecular formula is C14H17N3O3. The number of likely N-dealkylation sites (N-methyl/N-ethyl adjacent to an activating group) is 1. The van der Waals surface area contributed by atoms with Gasteiger partial charge in [-0.2, -0.15) is 0 Å². The van der Waals surface area contributed by atoms with E-state index in [-0.39, 0.29) is 11.3 Å². The Labute approximate surface area is 115 Å². The van der Waals surface area contributed by atoms with Gasteiger partial charge in [-0.3, -0.25) is 4.57 Å². The van der Waals surface area contributed by atoms with Gasteiger partial charge in [0.15, 0.2) is 0 Å². The second kappa shape index (κ2) is 4.79. The maximum Gasteiger partial charge on any atom is 0.335 e. The van der Waals surface area contributed by atoms with Gasteiger partial charge >= 0.3 is 11.7 Å². The van der Waals surface area contributed by atoms with Crippen molar-refractivity contribution in [2.75, 3.05) is 13.6 Å². The third-order valence-corrected chi connectivity index (χ3v) is 4.09. The quantitative estimate of drug-likeness (QED) is 0.880. The van der Waals surface area contributed by atoms with Crippen LogP contribution in [0.3, 0.4) is 0 Å². The van der Waals surface area contributed by atoms with E-state index < -0.39 is 5.97 Å². The molecule has 1 unspecified atom stereocenters. The van der Waals surface area contributed by atoms with Crippen molar-refractivity contribution in [3.63, 3.8) is 0 Å². The molecule has 2 aromatic rings. The van der Waals surface area contributed by atoms with Crippen LogP contribution in [0.4, 0.5) is 0 Å². The topological polar surface area (TPSA) is 78.3 Å². The normalized spacial score (nSPS) is 19.8. The van der Waals surface area contributed by atoms with Gasteiger partial charge in [0.1, 0.15) is 0 Å². The number of likely N-dealkylation sites (tertiary alicyclic amines) is 1. The predicted molar refractivity (Wildman–Crippen MR) is 75.2 cm³/mol. The number of imidazole rings is 1. The standard InChI is InChI=1S/C14H17N3O3/c1-16-6-2-3-10(16)8-17-12-5-4-9(13(18)19)7-11(12)15-14(17)20/h4-5,7,10H,2-3,6,8H2,1H3,(H,15,20)(H,18,19). The van der Waals surface area contributed by atoms with Gasteiger partial charge in [-0.25, -0.2) is 9.59 Å². The molecule has 1 saturated heterocycles. The van der Waals surface area contributed by atoms with E-state index in [0.29, 0.717) is 18.1 Å². The summed E-state index contributed by atoms with van der Waals surface area (Å²) in [6, 6.07) is 5.11. The van der Waals surface area contributed by atoms with Crippen LogP contribution in [0.25, 0.3) is 11.0 Å². The van der Waals surface area contributed by atoms with E-state index in [4.69, 9.17) is 5.11 Å². The lowest BCUT2D eigenvalue weighted by Gasteiger charge is -2.19. The molecule has 6 nitrogen and oxygen atoms in total. The number of benzene rings is 1. The van der Waals surface area contributed by atoms with Gasteiger partial charge in [-0.1, -0.05) is 0 Å². The number of hydrogen-bond acceptors (Lipinski definition) is 3. The number of carboxylic acids is 1. The average molecular weight is 275 g/mol. The molecule has 2 heterocycles. The van der Waals surface area contributed by atoms with Crippen molar-refractivity contribution in [1.29, 1.82) is 0 Å². The first-order valence-corrected chi connectivity index (χ1v) is 6.72. The fourth-order valence-electron chi connectivity index (χ4n) is 2.90. The van der Waals surface area contributed by atoms with Gasteiger partial charge in [0.25, 0.3) is 0 Å². The molecule has 1 atom stereocenters. The Hall–Kier alpha value is -2.08. The van der Waals surface area contributed by atoms with E-state index in [1.165, 1.54) is 12.1 Å². The molecular weight excluding hydrogens is 258 g/mol. The van der Waals surface area contributed by atoms with E-state index in [0.717, 1.165) is 24.9 Å². The van der Waals surface area contributed by atoms with E-state index in [1.54, 1.807) is 10.6 Å². The number of carbonyl (C=O) groups is 1. The lowest BCUT2D eigenvalue weighted by Crippen LogP contribution is -2.32. The first kappa shape index (κ1) is 12.9. The lowest BCUT2D eigenvalue weighted by atomic mass is 10.2. The highest BCUT2D eigenvalue weighted by Crippen LogP contribution is 2.19. The van der Waals surface area contributed by atoms with Crippen LogP contribution in [0.2, 0.25) is 0 Å². The van der Waals surface area contributed by atoms with Crippen LogP contribution >= 0.6 is 0 Å². The van der Waals surface area contributed by atoms with Crippen molar-refractivity contribution in [2.45, 2.75) is 25.4 Å². The smallest absolute Gasteiger partial charge is 0.335 e. The van der Waals surface area contributed by atoms with Crippen LogP contribution in [-0.4, -0.2) is 45.2 Å². The zero-order valence-corrected chi connectivity index (χ0v) is 11.3. The molecule has 1 fully saturated rings. The van der Waals surface area contributed by atoms with Crippen molar-refractivity contribution < 1.29 is 9.90 Å². The summed E-state index contributed by atoms with van der Waals surface area (Å²) in [4.78, 5) is 28.0. The van der Waals surface area contributed by atoms with Crippen LogP contribution < -0.4 is 5.69 Å². The van der Waals surface area contributed by atoms with Crippen molar-refractivity contribution >= 4 is 17.0 Å². The number of fused-ring (bicyclic) bond motifs is 1. The number of aromatic carboxylic acids is 1. The largest absolute Gasteiger partial charge is 0.478 e. The predicted octanol–water partition coefficient (Wildman–Crippen LogP) is 1.12. The molecule has 3 rings (SSSR count). The monoisotopic (exact) mass is 275 g/mol. The zero-order chi connectivity index (χ0) is 14.3. The van der Waals surface area contributed by atoms with Crippen LogP contribution in [0.5, 0.6) is 0 Å². The molecule has 0 radical (unpaired) electrons. The molecule has 2 N–H and O–H groups in total. The van der Waals surface area contributed by atoms with Crippen LogP contribution in [0, 0.1) is 0 Å². The number of nitrogens with one attached hydrogen (secondary N) is 1. The zero-order valence-electron chi connectivity index (χ0n) is 11.3. The summed E-state index contributed by atoms with van der Waals surface area (Å²) >= 11 is 0. The lowest BCUT2D eigenvalue weighted by molar-refractivity contribution is 0.0697. The summed E-state index contributed by atoms with van der Waals surface area (Å²) in [6.07, 6.45) is 2.24. The minimum Gasteiger partial charge on any atom is -0.478 e. The number of carboxylic acid groups (broad SMARTS) is 1. The minimum atomic E-state index is -0.990. The van der Waals surface area contributed by atoms with Crippen LogP contribution in [0.1, 0.15) is 23.2 Å². The molecule has 106 valence electrons. The first-order valence-electron chi connectivity index (χ1n) is 6.72. The Bertz CT molecular complexity index is 716. The molecule has 0 amide bonds. The Morgan fingerprint density at radius 3 is 2.95 bits per heavy atom. The number of nitrogens with zero attached hydrogens (tertiary/aromatic N) is 2. The van der Waals surface area contributed by atoms with Crippen LogP contribution in [-0.2, 0) is 6.54 Å². The average Bonchev–Trinajstić information content (AvgIpc) is 2.94. The summed E-state index contributed by atoms with van der Waals surface area (Å²) in [6.45, 7) is 1.70. The van der Waals surface area contributed by atoms with E-state index >= 15 is 0 Å². The van der Waals surface area contributed by atoms with Crippen LogP contribution in [0.15, 0.2) is 23.0 Å². The molecule has 0 saturated carbocycles. The molecule has 1 aliphatic heterocycles. The van der Waals surface area contributed by atoms with E-state index in [2.05, 4.69) is 16.9 Å². The molecule has 0 spiro atoms. The molecule has 1 aromatic heterocycles.